The number of amides is 1. The van der Waals surface area contributed by atoms with Crippen molar-refractivity contribution in [3.63, 3.8) is 0 Å². The first kappa shape index (κ1) is 17.7. The quantitative estimate of drug-likeness (QED) is 0.398. The Labute approximate surface area is 140 Å². The summed E-state index contributed by atoms with van der Waals surface area (Å²) in [6.45, 7) is 0.964. The molecule has 0 spiro atoms. The number of anilines is 1. The van der Waals surface area contributed by atoms with Crippen LogP contribution in [0.15, 0.2) is 29.3 Å². The number of carbonyl (C=O) groups excluding carboxylic acids is 1. The molecule has 0 aromatic heterocycles. The summed E-state index contributed by atoms with van der Waals surface area (Å²) in [7, 11) is 1.66. The zero-order chi connectivity index (χ0) is 14.4. The summed E-state index contributed by atoms with van der Waals surface area (Å²) in [6.07, 6.45) is 2.51. The fourth-order valence-corrected chi connectivity index (χ4v) is 1.72. The predicted molar refractivity (Wildman–Crippen MR) is 92.5 cm³/mol. The van der Waals surface area contributed by atoms with Gasteiger partial charge in [-0.15, -0.1) is 24.0 Å². The normalized spacial score (nSPS) is 14.1. The van der Waals surface area contributed by atoms with Gasteiger partial charge in [0.05, 0.1) is 6.54 Å². The number of hydrogen-bond acceptors (Lipinski definition) is 2. The van der Waals surface area contributed by atoms with Crippen LogP contribution in [0.1, 0.15) is 12.8 Å². The number of aliphatic imine (C=N–C) groups is 1. The van der Waals surface area contributed by atoms with Crippen LogP contribution in [0, 0.1) is 11.7 Å². The highest BCUT2D eigenvalue weighted by Crippen LogP contribution is 2.27. The van der Waals surface area contributed by atoms with E-state index in [0.29, 0.717) is 11.6 Å². The lowest BCUT2D eigenvalue weighted by Crippen LogP contribution is -2.42. The van der Waals surface area contributed by atoms with Crippen molar-refractivity contribution in [2.24, 2.45) is 10.9 Å². The van der Waals surface area contributed by atoms with Crippen LogP contribution in [0.3, 0.4) is 0 Å². The van der Waals surface area contributed by atoms with Crippen molar-refractivity contribution in [3.8, 4) is 0 Å². The largest absolute Gasteiger partial charge is 0.356 e. The number of hydrogen-bond donors (Lipinski definition) is 3. The van der Waals surface area contributed by atoms with Crippen LogP contribution in [0.25, 0.3) is 0 Å². The molecular formula is C14H20FIN4O. The molecular weight excluding hydrogens is 386 g/mol. The first-order valence-electron chi connectivity index (χ1n) is 6.67. The predicted octanol–water partition coefficient (Wildman–Crippen LogP) is 1.96. The first-order valence-corrected chi connectivity index (χ1v) is 6.67. The Hall–Kier alpha value is -1.38. The molecule has 1 aliphatic rings. The maximum absolute atomic E-state index is 13.0. The molecule has 0 unspecified atom stereocenters. The van der Waals surface area contributed by atoms with Gasteiger partial charge in [-0.1, -0.05) is 6.07 Å². The molecule has 1 amide bonds. The van der Waals surface area contributed by atoms with Gasteiger partial charge >= 0.3 is 0 Å². The van der Waals surface area contributed by atoms with Gasteiger partial charge in [0.15, 0.2) is 5.96 Å². The number of rotatable bonds is 5. The van der Waals surface area contributed by atoms with Crippen LogP contribution in [-0.2, 0) is 4.79 Å². The maximum Gasteiger partial charge on any atom is 0.243 e. The van der Waals surface area contributed by atoms with Gasteiger partial charge in [0.2, 0.25) is 5.91 Å². The van der Waals surface area contributed by atoms with Crippen molar-refractivity contribution in [3.05, 3.63) is 30.1 Å². The van der Waals surface area contributed by atoms with Gasteiger partial charge in [0, 0.05) is 19.3 Å². The number of nitrogens with zero attached hydrogens (tertiary/aromatic N) is 1. The molecule has 3 N–H and O–H groups in total. The molecule has 0 aliphatic heterocycles. The van der Waals surface area contributed by atoms with Gasteiger partial charge in [-0.2, -0.15) is 0 Å². The Morgan fingerprint density at radius 3 is 2.76 bits per heavy atom. The summed E-state index contributed by atoms with van der Waals surface area (Å²) < 4.78 is 13.0. The Balaban J connectivity index is 0.00000220. The third-order valence-electron chi connectivity index (χ3n) is 3.00. The highest BCUT2D eigenvalue weighted by Gasteiger charge is 2.21. The number of halogens is 2. The highest BCUT2D eigenvalue weighted by atomic mass is 127. The van der Waals surface area contributed by atoms with E-state index in [2.05, 4.69) is 20.9 Å². The summed E-state index contributed by atoms with van der Waals surface area (Å²) >= 11 is 0. The summed E-state index contributed by atoms with van der Waals surface area (Å²) in [6, 6.07) is 5.80. The van der Waals surface area contributed by atoms with Gasteiger partial charge in [0.1, 0.15) is 5.82 Å². The molecule has 5 nitrogen and oxygen atoms in total. The van der Waals surface area contributed by atoms with Gasteiger partial charge in [-0.25, -0.2) is 4.39 Å². The lowest BCUT2D eigenvalue weighted by molar-refractivity contribution is -0.115. The van der Waals surface area contributed by atoms with E-state index >= 15 is 0 Å². The standard InChI is InChI=1S/C14H19FN4O.HI/c1-16-14(17-8-10-5-6-10)18-9-13(20)19-12-4-2-3-11(15)7-12;/h2-4,7,10H,5-6,8-9H2,1H3,(H,19,20)(H2,16,17,18);1H. The van der Waals surface area contributed by atoms with Gasteiger partial charge in [-0.05, 0) is 37.0 Å². The molecule has 116 valence electrons. The smallest absolute Gasteiger partial charge is 0.243 e. The third kappa shape index (κ3) is 6.74. The SMILES string of the molecule is CN=C(NCC(=O)Nc1cccc(F)c1)NCC1CC1.I. The van der Waals surface area contributed by atoms with Gasteiger partial charge < -0.3 is 16.0 Å². The van der Waals surface area contributed by atoms with E-state index in [-0.39, 0.29) is 42.2 Å². The molecule has 1 aromatic rings. The summed E-state index contributed by atoms with van der Waals surface area (Å²) in [5.41, 5.74) is 0.442. The fraction of sp³-hybridized carbons (Fsp3) is 0.429. The second-order valence-electron chi connectivity index (χ2n) is 4.81. The van der Waals surface area contributed by atoms with Crippen LogP contribution in [0.5, 0.6) is 0 Å². The molecule has 1 saturated carbocycles. The molecule has 1 aliphatic carbocycles. The van der Waals surface area contributed by atoms with E-state index < -0.39 is 0 Å². The molecule has 2 rings (SSSR count). The minimum Gasteiger partial charge on any atom is -0.356 e. The monoisotopic (exact) mass is 406 g/mol. The minimum absolute atomic E-state index is 0. The van der Waals surface area contributed by atoms with Gasteiger partial charge in [-0.3, -0.25) is 9.79 Å². The van der Waals surface area contributed by atoms with Crippen molar-refractivity contribution in [2.45, 2.75) is 12.8 Å². The summed E-state index contributed by atoms with van der Waals surface area (Å²) in [5, 5.41) is 8.69. The van der Waals surface area contributed by atoms with E-state index in [1.807, 2.05) is 0 Å². The van der Waals surface area contributed by atoms with Crippen LogP contribution < -0.4 is 16.0 Å². The van der Waals surface area contributed by atoms with E-state index in [0.717, 1.165) is 12.5 Å². The van der Waals surface area contributed by atoms with Crippen LogP contribution in [0.2, 0.25) is 0 Å². The molecule has 0 radical (unpaired) electrons. The molecule has 0 saturated heterocycles. The summed E-state index contributed by atoms with van der Waals surface area (Å²) in [5.74, 6) is 0.712. The topological polar surface area (TPSA) is 65.5 Å². The number of benzene rings is 1. The van der Waals surface area contributed by atoms with Crippen molar-refractivity contribution in [2.75, 3.05) is 25.5 Å². The molecule has 1 fully saturated rings. The van der Waals surface area contributed by atoms with Crippen molar-refractivity contribution in [1.82, 2.24) is 10.6 Å². The van der Waals surface area contributed by atoms with Crippen molar-refractivity contribution >= 4 is 41.5 Å². The molecule has 21 heavy (non-hydrogen) atoms. The lowest BCUT2D eigenvalue weighted by atomic mass is 10.3. The third-order valence-corrected chi connectivity index (χ3v) is 3.00. The molecule has 0 atom stereocenters. The fourth-order valence-electron chi connectivity index (χ4n) is 1.72. The minimum atomic E-state index is -0.377. The van der Waals surface area contributed by atoms with Gasteiger partial charge in [0.25, 0.3) is 0 Å². The molecule has 1 aromatic carbocycles. The van der Waals surface area contributed by atoms with Crippen molar-refractivity contribution < 1.29 is 9.18 Å². The van der Waals surface area contributed by atoms with E-state index in [4.69, 9.17) is 0 Å². The van der Waals surface area contributed by atoms with Crippen LogP contribution >= 0.6 is 24.0 Å². The average molecular weight is 406 g/mol. The molecule has 0 heterocycles. The Kier molecular flexibility index (Phi) is 7.41. The number of carbonyl (C=O) groups is 1. The Morgan fingerprint density at radius 1 is 1.38 bits per heavy atom. The van der Waals surface area contributed by atoms with E-state index in [1.165, 1.54) is 25.0 Å². The second kappa shape index (κ2) is 8.81. The Morgan fingerprint density at radius 2 is 2.14 bits per heavy atom. The number of nitrogens with one attached hydrogen (secondary N) is 3. The highest BCUT2D eigenvalue weighted by molar-refractivity contribution is 14.0. The average Bonchev–Trinajstić information content (AvgIpc) is 3.23. The van der Waals surface area contributed by atoms with Crippen LogP contribution in [0.4, 0.5) is 10.1 Å². The van der Waals surface area contributed by atoms with Crippen LogP contribution in [-0.4, -0.2) is 32.0 Å². The lowest BCUT2D eigenvalue weighted by Gasteiger charge is -2.11. The molecule has 0 bridgehead atoms. The van der Waals surface area contributed by atoms with Crippen molar-refractivity contribution in [1.29, 1.82) is 0 Å². The zero-order valence-corrected chi connectivity index (χ0v) is 14.2. The van der Waals surface area contributed by atoms with E-state index in [1.54, 1.807) is 19.2 Å². The summed E-state index contributed by atoms with van der Waals surface area (Å²) in [4.78, 5) is 15.8. The van der Waals surface area contributed by atoms with E-state index in [9.17, 15) is 9.18 Å². The molecule has 7 heteroatoms. The zero-order valence-electron chi connectivity index (χ0n) is 11.9. The number of guanidine groups is 1. The second-order valence-corrected chi connectivity index (χ2v) is 4.81. The first-order chi connectivity index (χ1) is 9.67. The Bertz CT molecular complexity index is 506. The maximum atomic E-state index is 13.0.